The SMILES string of the molecule is COP(O)(=S)O[C@@H]1C[C@H](n2cnc3c(N)ncnc32)O[C@@H]1COP(O)(=S)O[C@@H]1C[C@H](n2cnc3c(=O)[nH]c(N)nc32)O[C@@H]1COP(O)(=S)O[C@@H]1C[C@H](n2cnc3c(N)ncnc32)O[C@@H]1COP(=O)(S)O[C@@H]1C2O[C@@H](C)[C@]1(COP(O)(=S)O[C@@H]1C3O[C@@H](C)[C@]1(CC(C)C)O[C@H]3n1cnc3c(N)ncnc31)O[C@H]2n1cnc2c(N)ncnc21. The normalized spacial score (nSPS) is 32.5. The summed E-state index contributed by atoms with van der Waals surface area (Å²) in [6, 6.07) is 0. The van der Waals surface area contributed by atoms with Crippen LogP contribution in [0.5, 0.6) is 0 Å². The lowest BCUT2D eigenvalue weighted by atomic mass is 9.85. The van der Waals surface area contributed by atoms with Crippen LogP contribution >= 0.6 is 45.9 Å². The molecular weight excluding hydrogens is 1730 g/mol. The van der Waals surface area contributed by atoms with Gasteiger partial charge in [-0.15, -0.1) is 0 Å². The second kappa shape index (κ2) is 31.1. The molecule has 7 fully saturated rings. The maximum atomic E-state index is 15.4. The molecule has 10 aromatic rings. The zero-order valence-corrected chi connectivity index (χ0v) is 69.6. The van der Waals surface area contributed by atoms with E-state index in [4.69, 9.17) is 154 Å². The van der Waals surface area contributed by atoms with E-state index in [2.05, 4.69) is 87.0 Å². The number of hydrogen-bond acceptors (Lipinski definition) is 42. The number of nitrogens with zero attached hydrogens (tertiary/aromatic N) is 19. The van der Waals surface area contributed by atoms with Gasteiger partial charge >= 0.3 is 33.7 Å². The molecule has 17 heterocycles. The van der Waals surface area contributed by atoms with Crippen LogP contribution in [0.4, 0.5) is 29.2 Å². The molecule has 7 aliphatic heterocycles. The summed E-state index contributed by atoms with van der Waals surface area (Å²) < 4.78 is 131. The Bertz CT molecular complexity index is 5790. The summed E-state index contributed by atoms with van der Waals surface area (Å²) in [4.78, 5) is 123. The fourth-order valence-corrected chi connectivity index (χ4v) is 22.5. The predicted octanol–water partition coefficient (Wildman–Crippen LogP) is 2.95. The van der Waals surface area contributed by atoms with Crippen LogP contribution in [0.1, 0.15) is 84.5 Å². The fraction of sp³-hybridized carbons (Fsp3) is 0.569. The highest BCUT2D eigenvalue weighted by Crippen LogP contribution is 2.65. The van der Waals surface area contributed by atoms with Crippen molar-refractivity contribution in [1.29, 1.82) is 0 Å². The van der Waals surface area contributed by atoms with E-state index in [1.165, 1.54) is 77.8 Å². The molecule has 58 heteroatoms. The summed E-state index contributed by atoms with van der Waals surface area (Å²) in [6.45, 7) is -17.2. The number of anilines is 5. The van der Waals surface area contributed by atoms with Crippen molar-refractivity contribution in [2.45, 2.75) is 169 Å². The van der Waals surface area contributed by atoms with Gasteiger partial charge in [0.05, 0.1) is 88.6 Å². The topological polar surface area (TPSA) is 623 Å². The summed E-state index contributed by atoms with van der Waals surface area (Å²) in [7, 11) is 1.17. The number of hydrogen-bond donors (Lipinski definition) is 11. The lowest BCUT2D eigenvalue weighted by Gasteiger charge is -2.39. The predicted molar refractivity (Wildman–Crippen MR) is 419 cm³/mol. The summed E-state index contributed by atoms with van der Waals surface area (Å²) in [6.07, 6.45) is -6.85. The molecular formula is C58H74N25O23P5S5. The highest BCUT2D eigenvalue weighted by molar-refractivity contribution is 8.44. The molecule has 7 aliphatic rings. The number of ether oxygens (including phenoxy) is 7. The van der Waals surface area contributed by atoms with E-state index in [-0.39, 0.29) is 93.4 Å². The van der Waals surface area contributed by atoms with Crippen molar-refractivity contribution in [3.63, 3.8) is 0 Å². The molecule has 0 radical (unpaired) electrons. The molecule has 0 aromatic carbocycles. The average Bonchev–Trinajstić information content (AvgIpc) is 1.55. The number of nitrogens with one attached hydrogen (secondary N) is 1. The summed E-state index contributed by atoms with van der Waals surface area (Å²) in [5.74, 6) is 0.0955. The monoisotopic (exact) mass is 1800 g/mol. The minimum Gasteiger partial charge on any atom is -0.382 e. The van der Waals surface area contributed by atoms with Gasteiger partial charge in [0.25, 0.3) is 5.56 Å². The highest BCUT2D eigenvalue weighted by atomic mass is 32.7. The Labute approximate surface area is 678 Å². The van der Waals surface area contributed by atoms with Crippen LogP contribution in [0.2, 0.25) is 0 Å². The van der Waals surface area contributed by atoms with Gasteiger partial charge in [0.15, 0.2) is 69.5 Å². The molecule has 15 N–H and O–H groups in total. The Morgan fingerprint density at radius 1 is 0.509 bits per heavy atom. The number of aromatic amines is 1. The molecule has 0 spiro atoms. The van der Waals surface area contributed by atoms with E-state index < -0.39 is 181 Å². The highest BCUT2D eigenvalue weighted by Gasteiger charge is 2.71. The van der Waals surface area contributed by atoms with Crippen molar-refractivity contribution >= 4 is 178 Å². The maximum Gasteiger partial charge on any atom is 0.386 e. The van der Waals surface area contributed by atoms with Gasteiger partial charge in [-0.05, 0) is 73.4 Å². The maximum absolute atomic E-state index is 15.4. The second-order valence-electron chi connectivity index (χ2n) is 28.4. The number of thiol groups is 1. The number of fused-ring (bicyclic) bond motifs is 9. The standard InChI is InChI=1S/C58H74N25O23P5S5/c1-23(2)9-57-24(3)95-40(54(100-57)82-21-74-37-46(61)66-16-70-50(37)82)42(57)105-111(89,116)94-13-58-25(4)96-41(55(101-58)83-22-75-38-47(62)67-17-71-51(38)83)43(58)106-110(88,115)93-12-31-27(7-33(98-31)80-19-73-36-45(60)65-15-69-49(36)80)103-109(87,114)92-11-30-28(8-34(99-30)81-20-76-39-52(81)77-56(63)78-53(39)84)104-108(86,113)91-10-29-26(102-107(85,112)90-5)6-32(97-29)79-18-72-35-44(59)64-14-68-48(35)79/h14-34,40-43,54-55H,6-13H2,1-5H3,(H,85,112)(H,86,113)(H,87,114)(H,88,115)(H,89,116)(H2,59,64,68)(H2,60,65,69)(H2,61,66,70)(H2,62,67,71)(H3,63,77,78,84)/t24-,25-,26+,27+,28+,29+,30+,31+,32+,33+,34+,40?,41?,42+,43+,54+,55+,57-,58-,107?,108?,109?,110?,111?/m0/s1. The first-order valence-corrected chi connectivity index (χ1v) is 48.4. The van der Waals surface area contributed by atoms with Gasteiger partial charge in [0.2, 0.25) is 5.95 Å². The van der Waals surface area contributed by atoms with Crippen LogP contribution in [0.3, 0.4) is 0 Å². The number of aromatic nitrogens is 20. The van der Waals surface area contributed by atoms with Crippen molar-refractivity contribution in [2.75, 3.05) is 62.2 Å². The quantitative estimate of drug-likeness (QED) is 0.0228. The third kappa shape index (κ3) is 15.4. The minimum absolute atomic E-state index is 0.00276. The van der Waals surface area contributed by atoms with Gasteiger partial charge in [-0.25, -0.2) is 69.4 Å². The average molecular weight is 1800 g/mol. The van der Waals surface area contributed by atoms with Gasteiger partial charge < -0.3 is 113 Å². The van der Waals surface area contributed by atoms with Crippen molar-refractivity contribution in [1.82, 2.24) is 97.6 Å². The molecule has 7 saturated heterocycles. The molecule has 4 bridgehead atoms. The third-order valence-electron chi connectivity index (χ3n) is 20.8. The van der Waals surface area contributed by atoms with E-state index in [1.54, 1.807) is 16.1 Å². The van der Waals surface area contributed by atoms with Crippen molar-refractivity contribution < 1.29 is 103 Å². The van der Waals surface area contributed by atoms with E-state index in [0.29, 0.717) is 23.2 Å². The number of nitrogens with two attached hydrogens (primary N) is 5. The molecule has 10 aromatic heterocycles. The Morgan fingerprint density at radius 2 is 0.879 bits per heavy atom. The van der Waals surface area contributed by atoms with Crippen LogP contribution in [0, 0.1) is 5.92 Å². The summed E-state index contributed by atoms with van der Waals surface area (Å²) in [5, 5.41) is 0. The van der Waals surface area contributed by atoms with Gasteiger partial charge in [-0.1, -0.05) is 26.1 Å². The first kappa shape index (κ1) is 82.2. The lowest BCUT2D eigenvalue weighted by molar-refractivity contribution is -0.215. The van der Waals surface area contributed by atoms with Crippen LogP contribution in [0.25, 0.3) is 55.8 Å². The van der Waals surface area contributed by atoms with Crippen LogP contribution in [0.15, 0.2) is 61.7 Å². The molecule has 0 aliphatic carbocycles. The second-order valence-corrected chi connectivity index (χ2v) is 42.5. The van der Waals surface area contributed by atoms with E-state index in [9.17, 15) is 24.4 Å². The Morgan fingerprint density at radius 3 is 1.32 bits per heavy atom. The molecule has 116 heavy (non-hydrogen) atoms. The lowest BCUT2D eigenvalue weighted by Crippen LogP contribution is -2.50. The number of imidazole rings is 5. The molecule has 0 amide bonds. The zero-order chi connectivity index (χ0) is 81.7. The molecule has 24 atom stereocenters. The van der Waals surface area contributed by atoms with Crippen molar-refractivity contribution in [2.24, 2.45) is 5.92 Å². The number of nitrogen functional groups attached to an aromatic ring is 5. The van der Waals surface area contributed by atoms with Gasteiger partial charge in [-0.2, -0.15) is 4.98 Å². The van der Waals surface area contributed by atoms with E-state index >= 15 is 4.57 Å². The molecule has 17 rings (SSSR count). The van der Waals surface area contributed by atoms with E-state index in [1.807, 2.05) is 20.8 Å². The van der Waals surface area contributed by atoms with E-state index in [0.717, 1.165) is 0 Å². The molecule has 624 valence electrons. The summed E-state index contributed by atoms with van der Waals surface area (Å²) >= 11 is 27.1. The van der Waals surface area contributed by atoms with Crippen LogP contribution < -0.4 is 34.2 Å². The summed E-state index contributed by atoms with van der Waals surface area (Å²) in [5.41, 5.74) is 29.0. The van der Waals surface area contributed by atoms with Gasteiger partial charge in [-0.3, -0.25) is 46.2 Å². The Balaban J connectivity index is 0.620. The van der Waals surface area contributed by atoms with Crippen LogP contribution in [-0.4, -0.2) is 235 Å². The van der Waals surface area contributed by atoms with Gasteiger partial charge in [0.1, 0.15) is 120 Å². The number of H-pyrrole nitrogens is 1. The van der Waals surface area contributed by atoms with Crippen molar-refractivity contribution in [3.8, 4) is 0 Å². The number of rotatable bonds is 30. The fourth-order valence-electron chi connectivity index (χ4n) is 15.6. The third-order valence-corrected chi connectivity index (χ3v) is 28.8. The molecule has 48 nitrogen and oxygen atoms in total. The molecule has 7 unspecified atom stereocenters. The van der Waals surface area contributed by atoms with Gasteiger partial charge in [0, 0.05) is 26.4 Å². The van der Waals surface area contributed by atoms with Crippen molar-refractivity contribution in [3.05, 3.63) is 67.3 Å². The smallest absolute Gasteiger partial charge is 0.382 e. The van der Waals surface area contributed by atoms with Crippen LogP contribution in [-0.2, 0) is 130 Å². The minimum atomic E-state index is -4.79. The Hall–Kier alpha value is -6.11. The Kier molecular flexibility index (Phi) is 22.0. The largest absolute Gasteiger partial charge is 0.386 e. The molecule has 0 saturated carbocycles. The first-order chi connectivity index (χ1) is 55.1. The first-order valence-electron chi connectivity index (χ1n) is 35.4. The zero-order valence-electron chi connectivity index (χ0n) is 61.0.